The third-order valence-electron chi connectivity index (χ3n) is 15.8. The van der Waals surface area contributed by atoms with Crippen molar-refractivity contribution in [1.29, 1.82) is 0 Å². The molecular formula is C74H52N4. The molecule has 368 valence electrons. The highest BCUT2D eigenvalue weighted by Gasteiger charge is 2.32. The molecule has 4 nitrogen and oxygen atoms in total. The minimum absolute atomic E-state index is 0.646. The summed E-state index contributed by atoms with van der Waals surface area (Å²) in [6.45, 7) is 0. The summed E-state index contributed by atoms with van der Waals surface area (Å²) < 4.78 is 0. The second-order valence-corrected chi connectivity index (χ2v) is 20.2. The topological polar surface area (TPSA) is 104 Å². The van der Waals surface area contributed by atoms with Crippen LogP contribution in [-0.2, 0) is 0 Å². The Morgan fingerprint density at radius 1 is 0.179 bits per heavy atom. The highest BCUT2D eigenvalue weighted by Crippen LogP contribution is 2.61. The van der Waals surface area contributed by atoms with Crippen LogP contribution in [0, 0.1) is 0 Å². The number of hydrogen-bond donors (Lipinski definition) is 4. The maximum Gasteiger partial charge on any atom is 0.0486 e. The smallest absolute Gasteiger partial charge is 0.0486 e. The number of nitrogens with two attached hydrogens (primary N) is 4. The van der Waals surface area contributed by atoms with Crippen LogP contribution >= 0.6 is 0 Å². The molecule has 0 saturated heterocycles. The van der Waals surface area contributed by atoms with Crippen molar-refractivity contribution in [3.05, 3.63) is 267 Å². The Hall–Kier alpha value is -10.4. The first-order valence-corrected chi connectivity index (χ1v) is 26.5. The molecule has 0 fully saturated rings. The Morgan fingerprint density at radius 3 is 0.859 bits per heavy atom. The van der Waals surface area contributed by atoms with E-state index in [0.717, 1.165) is 143 Å². The van der Waals surface area contributed by atoms with Gasteiger partial charge in [-0.15, -0.1) is 0 Å². The summed E-state index contributed by atoms with van der Waals surface area (Å²) in [5.41, 5.74) is 49.5. The zero-order valence-corrected chi connectivity index (χ0v) is 42.7. The van der Waals surface area contributed by atoms with Gasteiger partial charge in [-0.3, -0.25) is 0 Å². The molecule has 0 amide bonds. The summed E-state index contributed by atoms with van der Waals surface area (Å²) in [5.74, 6) is 0. The summed E-state index contributed by atoms with van der Waals surface area (Å²) in [6.07, 6.45) is 0. The molecule has 0 atom stereocenters. The lowest BCUT2D eigenvalue weighted by Crippen LogP contribution is -2.05. The van der Waals surface area contributed by atoms with E-state index in [1.165, 1.54) is 0 Å². The fraction of sp³-hybridized carbons (Fsp3) is 0. The van der Waals surface area contributed by atoms with Crippen molar-refractivity contribution in [2.75, 3.05) is 22.9 Å². The molecule has 78 heavy (non-hydrogen) atoms. The summed E-state index contributed by atoms with van der Waals surface area (Å²) in [6, 6.07) is 94.2. The van der Waals surface area contributed by atoms with E-state index in [9.17, 15) is 0 Å². The lowest BCUT2D eigenvalue weighted by atomic mass is 9.74. The number of nitrogen functional groups attached to an aromatic ring is 4. The normalized spacial score (nSPS) is 11.5. The Morgan fingerprint density at radius 2 is 0.462 bits per heavy atom. The summed E-state index contributed by atoms with van der Waals surface area (Å²) in [4.78, 5) is 0. The standard InChI is InChI=1S/C74H52N4/c75-53-41-42-54-56(43-53)66-63(51-37-21-7-22-38-51)73(77)60(48-31-15-4-16-32-48)58(46-27-11-2-12-28-46)69(66)68-57-44-55(45-25-9-1-10-26-45)72(76)62(50-35-19-6-20-36-50)67(57)71-64(52-39-23-8-24-40-52)74(78)61(49-33-17-5-18-34-49)59(70(71)65(54)68)47-29-13-3-14-30-47/h1-44H,75-78H2. The van der Waals surface area contributed by atoms with Gasteiger partial charge in [-0.05, 0) is 89.6 Å². The average Bonchev–Trinajstić information content (AvgIpc) is 3.55. The first kappa shape index (κ1) is 46.1. The van der Waals surface area contributed by atoms with Crippen molar-refractivity contribution in [1.82, 2.24) is 0 Å². The van der Waals surface area contributed by atoms with E-state index < -0.39 is 0 Å². The molecule has 0 aromatic heterocycles. The van der Waals surface area contributed by atoms with Crippen LogP contribution in [0.3, 0.4) is 0 Å². The molecule has 0 unspecified atom stereocenters. The van der Waals surface area contributed by atoms with Crippen molar-refractivity contribution in [3.63, 3.8) is 0 Å². The van der Waals surface area contributed by atoms with E-state index in [0.29, 0.717) is 22.7 Å². The van der Waals surface area contributed by atoms with Gasteiger partial charge in [-0.2, -0.15) is 0 Å². The molecule has 8 N–H and O–H groups in total. The van der Waals surface area contributed by atoms with Gasteiger partial charge in [0.25, 0.3) is 0 Å². The molecule has 0 aliphatic heterocycles. The van der Waals surface area contributed by atoms with E-state index in [4.69, 9.17) is 22.9 Å². The molecule has 0 heterocycles. The van der Waals surface area contributed by atoms with Crippen LogP contribution in [0.2, 0.25) is 0 Å². The fourth-order valence-corrected chi connectivity index (χ4v) is 12.7. The molecule has 14 aromatic rings. The van der Waals surface area contributed by atoms with Crippen LogP contribution in [-0.4, -0.2) is 0 Å². The van der Waals surface area contributed by atoms with E-state index in [2.05, 4.69) is 267 Å². The molecular weight excluding hydrogens is 945 g/mol. The first-order valence-electron chi connectivity index (χ1n) is 26.5. The van der Waals surface area contributed by atoms with Crippen LogP contribution in [0.5, 0.6) is 0 Å². The molecule has 4 heteroatoms. The lowest BCUT2D eigenvalue weighted by molar-refractivity contribution is 1.59. The lowest BCUT2D eigenvalue weighted by Gasteiger charge is -2.29. The van der Waals surface area contributed by atoms with E-state index in [1.54, 1.807) is 0 Å². The molecule has 0 radical (unpaired) electrons. The highest BCUT2D eigenvalue weighted by atomic mass is 14.6. The largest absolute Gasteiger partial charge is 0.399 e. The third-order valence-corrected chi connectivity index (χ3v) is 15.8. The maximum atomic E-state index is 8.08. The molecule has 14 aromatic carbocycles. The highest BCUT2D eigenvalue weighted by molar-refractivity contribution is 6.48. The second kappa shape index (κ2) is 18.7. The quantitative estimate of drug-likeness (QED) is 0.0899. The van der Waals surface area contributed by atoms with Gasteiger partial charge in [0.2, 0.25) is 0 Å². The number of fused-ring (bicyclic) bond motifs is 11. The van der Waals surface area contributed by atoms with Gasteiger partial charge in [-0.25, -0.2) is 0 Å². The number of anilines is 4. The molecule has 14 rings (SSSR count). The Bertz CT molecular complexity index is 4630. The first-order chi connectivity index (χ1) is 38.5. The summed E-state index contributed by atoms with van der Waals surface area (Å²) in [7, 11) is 0. The average molecular weight is 997 g/mol. The van der Waals surface area contributed by atoms with Gasteiger partial charge < -0.3 is 22.9 Å². The Balaban J connectivity index is 1.44. The van der Waals surface area contributed by atoms with Crippen molar-refractivity contribution in [2.45, 2.75) is 0 Å². The number of benzene rings is 14. The van der Waals surface area contributed by atoms with Crippen LogP contribution < -0.4 is 22.9 Å². The summed E-state index contributed by atoms with van der Waals surface area (Å²) >= 11 is 0. The molecule has 0 bridgehead atoms. The summed E-state index contributed by atoms with van der Waals surface area (Å²) in [5, 5.41) is 10.3. The zero-order valence-electron chi connectivity index (χ0n) is 42.7. The molecule has 0 aliphatic carbocycles. The van der Waals surface area contributed by atoms with Gasteiger partial charge in [0, 0.05) is 94.2 Å². The second-order valence-electron chi connectivity index (χ2n) is 20.2. The SMILES string of the molecule is Nc1ccc2c(c1)c1c(-c3ccccc3)c(N)c(-c3ccccc3)c(-c3ccccc3)c1c1c3cc(-c4ccccc4)c(N)c(-c4ccccc4)c3c3c(-c4ccccc4)c(N)c(-c4ccccc4)c(-c4ccccc4)c3c21. The van der Waals surface area contributed by atoms with Crippen molar-refractivity contribution >= 4 is 76.6 Å². The van der Waals surface area contributed by atoms with E-state index >= 15 is 0 Å². The molecule has 0 saturated carbocycles. The molecule has 0 aliphatic rings. The van der Waals surface area contributed by atoms with Gasteiger partial charge >= 0.3 is 0 Å². The van der Waals surface area contributed by atoms with Crippen LogP contribution in [0.25, 0.3) is 143 Å². The predicted octanol–water partition coefficient (Wildman–Crippen LogP) is 19.1. The monoisotopic (exact) mass is 996 g/mol. The minimum atomic E-state index is 0.646. The third kappa shape index (κ3) is 7.22. The number of hydrogen-bond acceptors (Lipinski definition) is 4. The van der Waals surface area contributed by atoms with Gasteiger partial charge in [0.05, 0.1) is 0 Å². The zero-order chi connectivity index (χ0) is 52.4. The fourth-order valence-electron chi connectivity index (χ4n) is 12.7. The van der Waals surface area contributed by atoms with Crippen LogP contribution in [0.4, 0.5) is 22.7 Å². The minimum Gasteiger partial charge on any atom is -0.399 e. The van der Waals surface area contributed by atoms with Gasteiger partial charge in [-0.1, -0.05) is 249 Å². The van der Waals surface area contributed by atoms with Crippen LogP contribution in [0.1, 0.15) is 0 Å². The Kier molecular flexibility index (Phi) is 11.1. The maximum absolute atomic E-state index is 8.08. The Labute approximate surface area is 453 Å². The van der Waals surface area contributed by atoms with Gasteiger partial charge in [0.1, 0.15) is 0 Å². The van der Waals surface area contributed by atoms with Gasteiger partial charge in [0.15, 0.2) is 0 Å². The van der Waals surface area contributed by atoms with Crippen molar-refractivity contribution in [3.8, 4) is 89.0 Å². The van der Waals surface area contributed by atoms with E-state index in [-0.39, 0.29) is 0 Å². The van der Waals surface area contributed by atoms with Crippen molar-refractivity contribution < 1.29 is 0 Å². The van der Waals surface area contributed by atoms with E-state index in [1.807, 2.05) is 0 Å². The van der Waals surface area contributed by atoms with Crippen molar-refractivity contribution in [2.24, 2.45) is 0 Å². The predicted molar refractivity (Wildman–Crippen MR) is 335 cm³/mol. The van der Waals surface area contributed by atoms with Crippen LogP contribution in [0.15, 0.2) is 267 Å². The molecule has 0 spiro atoms. The number of rotatable bonds is 8.